The smallest absolute Gasteiger partial charge is 0.189 e. The van der Waals surface area contributed by atoms with Crippen molar-refractivity contribution < 1.29 is 9.47 Å². The molecule has 0 bridgehead atoms. The van der Waals surface area contributed by atoms with Crippen LogP contribution in [0.1, 0.15) is 16.7 Å². The van der Waals surface area contributed by atoms with Crippen LogP contribution in [0.5, 0.6) is 5.75 Å². The van der Waals surface area contributed by atoms with E-state index in [2.05, 4.69) is 40.1 Å². The van der Waals surface area contributed by atoms with Crippen molar-refractivity contribution in [1.82, 2.24) is 9.80 Å². The maximum atomic E-state index is 6.28. The van der Waals surface area contributed by atoms with E-state index in [0.29, 0.717) is 13.4 Å². The molecular weight excluding hydrogens is 348 g/mol. The third kappa shape index (κ3) is 4.38. The van der Waals surface area contributed by atoms with Crippen LogP contribution in [0.4, 0.5) is 0 Å². The van der Waals surface area contributed by atoms with Crippen molar-refractivity contribution >= 4 is 11.6 Å². The molecule has 2 aromatic carbocycles. The summed E-state index contributed by atoms with van der Waals surface area (Å²) < 4.78 is 11.1. The molecule has 26 heavy (non-hydrogen) atoms. The molecule has 0 saturated carbocycles. The first-order valence-corrected chi connectivity index (χ1v) is 9.66. The van der Waals surface area contributed by atoms with Crippen molar-refractivity contribution in [2.75, 3.05) is 39.5 Å². The summed E-state index contributed by atoms with van der Waals surface area (Å²) >= 11 is 6.28. The molecule has 1 saturated heterocycles. The molecule has 0 radical (unpaired) electrons. The number of halogens is 1. The van der Waals surface area contributed by atoms with E-state index in [-0.39, 0.29) is 0 Å². The highest BCUT2D eigenvalue weighted by atomic mass is 35.5. The fraction of sp³-hybridized carbons (Fsp3) is 0.429. The van der Waals surface area contributed by atoms with Crippen LogP contribution in [0, 0.1) is 0 Å². The van der Waals surface area contributed by atoms with Crippen LogP contribution in [0.15, 0.2) is 42.5 Å². The van der Waals surface area contributed by atoms with Crippen molar-refractivity contribution in [3.05, 3.63) is 64.2 Å². The fourth-order valence-electron chi connectivity index (χ4n) is 3.72. The summed E-state index contributed by atoms with van der Waals surface area (Å²) in [5.41, 5.74) is 3.65. The lowest BCUT2D eigenvalue weighted by Crippen LogP contribution is -2.46. The van der Waals surface area contributed by atoms with Crippen molar-refractivity contribution in [3.63, 3.8) is 0 Å². The van der Waals surface area contributed by atoms with Gasteiger partial charge in [-0.3, -0.25) is 4.90 Å². The number of piperazine rings is 1. The van der Waals surface area contributed by atoms with Gasteiger partial charge in [-0.05, 0) is 24.1 Å². The van der Waals surface area contributed by atoms with Crippen LogP contribution in [0.25, 0.3) is 0 Å². The second kappa shape index (κ2) is 8.40. The highest BCUT2D eigenvalue weighted by Crippen LogP contribution is 2.32. The Kier molecular flexibility index (Phi) is 5.75. The van der Waals surface area contributed by atoms with Crippen LogP contribution < -0.4 is 4.74 Å². The molecule has 1 fully saturated rings. The summed E-state index contributed by atoms with van der Waals surface area (Å²) in [5.74, 6) is 0.965. The lowest BCUT2D eigenvalue weighted by molar-refractivity contribution is -0.0176. The molecule has 0 N–H and O–H groups in total. The molecule has 5 heteroatoms. The van der Waals surface area contributed by atoms with Crippen LogP contribution in [0.3, 0.4) is 0 Å². The summed E-state index contributed by atoms with van der Waals surface area (Å²) in [7, 11) is 0. The molecule has 2 aliphatic heterocycles. The van der Waals surface area contributed by atoms with E-state index >= 15 is 0 Å². The van der Waals surface area contributed by atoms with E-state index in [1.807, 2.05) is 12.1 Å². The van der Waals surface area contributed by atoms with Crippen molar-refractivity contribution in [2.24, 2.45) is 0 Å². The molecule has 138 valence electrons. The number of benzene rings is 2. The highest BCUT2D eigenvalue weighted by Gasteiger charge is 2.21. The Bertz CT molecular complexity index is 730. The second-order valence-corrected chi connectivity index (χ2v) is 7.45. The predicted octanol–water partition coefficient (Wildman–Crippen LogP) is 3.57. The average molecular weight is 373 g/mol. The first-order valence-electron chi connectivity index (χ1n) is 9.28. The van der Waals surface area contributed by atoms with E-state index in [0.717, 1.165) is 62.0 Å². The first-order chi connectivity index (χ1) is 12.8. The summed E-state index contributed by atoms with van der Waals surface area (Å²) in [6, 6.07) is 14.7. The lowest BCUT2D eigenvalue weighted by Gasteiger charge is -2.35. The SMILES string of the molecule is Clc1cc2c(c(CN3CCN(CCc4ccccc4)CC3)c1)OCOC2. The maximum Gasteiger partial charge on any atom is 0.189 e. The molecule has 0 unspecified atom stereocenters. The first kappa shape index (κ1) is 17.8. The van der Waals surface area contributed by atoms with Crippen LogP contribution in [-0.2, 0) is 24.3 Å². The van der Waals surface area contributed by atoms with Gasteiger partial charge in [-0.15, -0.1) is 0 Å². The number of hydrogen-bond donors (Lipinski definition) is 0. The van der Waals surface area contributed by atoms with Gasteiger partial charge in [-0.1, -0.05) is 41.9 Å². The molecular formula is C21H25ClN2O2. The third-order valence-electron chi connectivity index (χ3n) is 5.17. The third-order valence-corrected chi connectivity index (χ3v) is 5.39. The Hall–Kier alpha value is -1.59. The minimum atomic E-state index is 0.328. The van der Waals surface area contributed by atoms with Gasteiger partial charge in [0.2, 0.25) is 0 Å². The van der Waals surface area contributed by atoms with Gasteiger partial charge in [0.05, 0.1) is 6.61 Å². The number of rotatable bonds is 5. The van der Waals surface area contributed by atoms with Gasteiger partial charge in [0, 0.05) is 55.4 Å². The van der Waals surface area contributed by atoms with E-state index in [1.165, 1.54) is 11.1 Å². The molecule has 4 nitrogen and oxygen atoms in total. The lowest BCUT2D eigenvalue weighted by atomic mass is 10.1. The summed E-state index contributed by atoms with van der Waals surface area (Å²) in [6.45, 7) is 7.30. The van der Waals surface area contributed by atoms with Gasteiger partial charge in [0.15, 0.2) is 6.79 Å². The number of nitrogens with zero attached hydrogens (tertiary/aromatic N) is 2. The van der Waals surface area contributed by atoms with E-state index in [4.69, 9.17) is 21.1 Å². The Labute approximate surface area is 160 Å². The molecule has 4 rings (SSSR count). The number of ether oxygens (including phenoxy) is 2. The van der Waals surface area contributed by atoms with Gasteiger partial charge >= 0.3 is 0 Å². The van der Waals surface area contributed by atoms with E-state index in [9.17, 15) is 0 Å². The zero-order valence-electron chi connectivity index (χ0n) is 15.0. The average Bonchev–Trinajstić information content (AvgIpc) is 2.68. The summed E-state index contributed by atoms with van der Waals surface area (Å²) in [5, 5.41) is 0.759. The van der Waals surface area contributed by atoms with Gasteiger partial charge in [-0.25, -0.2) is 0 Å². The van der Waals surface area contributed by atoms with Gasteiger partial charge in [-0.2, -0.15) is 0 Å². The van der Waals surface area contributed by atoms with Gasteiger partial charge in [0.25, 0.3) is 0 Å². The van der Waals surface area contributed by atoms with Gasteiger partial charge < -0.3 is 14.4 Å². The molecule has 2 heterocycles. The molecule has 0 aliphatic carbocycles. The Balaban J connectivity index is 1.31. The quantitative estimate of drug-likeness (QED) is 0.801. The Morgan fingerprint density at radius 1 is 0.962 bits per heavy atom. The number of fused-ring (bicyclic) bond motifs is 1. The normalized spacial score (nSPS) is 18.3. The summed E-state index contributed by atoms with van der Waals surface area (Å²) in [4.78, 5) is 5.05. The zero-order valence-corrected chi connectivity index (χ0v) is 15.8. The van der Waals surface area contributed by atoms with Crippen LogP contribution in [-0.4, -0.2) is 49.3 Å². The second-order valence-electron chi connectivity index (χ2n) is 7.02. The maximum absolute atomic E-state index is 6.28. The fourth-order valence-corrected chi connectivity index (χ4v) is 3.98. The largest absolute Gasteiger partial charge is 0.467 e. The van der Waals surface area contributed by atoms with Crippen molar-refractivity contribution in [3.8, 4) is 5.75 Å². The topological polar surface area (TPSA) is 24.9 Å². The standard InChI is InChI=1S/C21H25ClN2O2/c22-20-12-18(21-19(13-20)15-25-16-26-21)14-24-10-8-23(9-11-24)7-6-17-4-2-1-3-5-17/h1-5,12-13H,6-11,14-16H2. The molecule has 0 spiro atoms. The molecule has 2 aromatic rings. The van der Waals surface area contributed by atoms with Crippen LogP contribution in [0.2, 0.25) is 5.02 Å². The van der Waals surface area contributed by atoms with Crippen molar-refractivity contribution in [2.45, 2.75) is 19.6 Å². The molecule has 0 amide bonds. The van der Waals surface area contributed by atoms with E-state index < -0.39 is 0 Å². The minimum Gasteiger partial charge on any atom is -0.467 e. The number of hydrogen-bond acceptors (Lipinski definition) is 4. The Morgan fingerprint density at radius 3 is 2.54 bits per heavy atom. The molecule has 0 aromatic heterocycles. The molecule has 2 aliphatic rings. The highest BCUT2D eigenvalue weighted by molar-refractivity contribution is 6.30. The minimum absolute atomic E-state index is 0.328. The zero-order chi connectivity index (χ0) is 17.8. The van der Waals surface area contributed by atoms with Crippen molar-refractivity contribution in [1.29, 1.82) is 0 Å². The van der Waals surface area contributed by atoms with Gasteiger partial charge in [0.1, 0.15) is 5.75 Å². The monoisotopic (exact) mass is 372 g/mol. The predicted molar refractivity (Wildman–Crippen MR) is 104 cm³/mol. The Morgan fingerprint density at radius 2 is 1.73 bits per heavy atom. The van der Waals surface area contributed by atoms with Crippen LogP contribution >= 0.6 is 11.6 Å². The summed E-state index contributed by atoms with van der Waals surface area (Å²) in [6.07, 6.45) is 1.12. The van der Waals surface area contributed by atoms with E-state index in [1.54, 1.807) is 0 Å². The molecule has 0 atom stereocenters.